The molecule has 1 aromatic rings. The molecule has 0 aliphatic heterocycles. The van der Waals surface area contributed by atoms with Crippen LogP contribution in [0.4, 0.5) is 5.69 Å². The van der Waals surface area contributed by atoms with Crippen LogP contribution in [-0.4, -0.2) is 38.5 Å². The molecule has 0 radical (unpaired) electrons. The summed E-state index contributed by atoms with van der Waals surface area (Å²) in [5.41, 5.74) is 7.33. The van der Waals surface area contributed by atoms with Crippen molar-refractivity contribution in [1.29, 1.82) is 0 Å². The normalized spacial score (nSPS) is 12.6. The Morgan fingerprint density at radius 3 is 2.94 bits per heavy atom. The highest BCUT2D eigenvalue weighted by Gasteiger charge is 2.06. The van der Waals surface area contributed by atoms with Gasteiger partial charge in [0.2, 0.25) is 0 Å². The first-order valence-corrected chi connectivity index (χ1v) is 5.19. The zero-order valence-electron chi connectivity index (χ0n) is 9.77. The second-order valence-corrected chi connectivity index (χ2v) is 3.48. The van der Waals surface area contributed by atoms with Gasteiger partial charge in [0.15, 0.2) is 0 Å². The monoisotopic (exact) mass is 225 g/mol. The molecule has 0 fully saturated rings. The SMILES string of the molecule is COCC(CNCc1ncccc1N)OC. The predicted octanol–water partition coefficient (Wildman–Crippen LogP) is 0.415. The molecule has 16 heavy (non-hydrogen) atoms. The number of hydrogen-bond donors (Lipinski definition) is 2. The highest BCUT2D eigenvalue weighted by molar-refractivity contribution is 5.41. The van der Waals surface area contributed by atoms with E-state index >= 15 is 0 Å². The molecule has 1 atom stereocenters. The average Bonchev–Trinajstić information content (AvgIpc) is 2.30. The van der Waals surface area contributed by atoms with Gasteiger partial charge in [0.25, 0.3) is 0 Å². The molecule has 0 aliphatic carbocycles. The molecule has 90 valence electrons. The minimum absolute atomic E-state index is 0.0509. The zero-order chi connectivity index (χ0) is 11.8. The molecule has 0 saturated carbocycles. The quantitative estimate of drug-likeness (QED) is 0.703. The van der Waals surface area contributed by atoms with Gasteiger partial charge in [0.1, 0.15) is 0 Å². The average molecular weight is 225 g/mol. The molecule has 1 heterocycles. The summed E-state index contributed by atoms with van der Waals surface area (Å²) in [5.74, 6) is 0. The van der Waals surface area contributed by atoms with E-state index in [0.29, 0.717) is 25.4 Å². The van der Waals surface area contributed by atoms with E-state index in [4.69, 9.17) is 15.2 Å². The fraction of sp³-hybridized carbons (Fsp3) is 0.545. The van der Waals surface area contributed by atoms with Crippen LogP contribution < -0.4 is 11.1 Å². The Morgan fingerprint density at radius 2 is 2.31 bits per heavy atom. The Hall–Kier alpha value is -1.17. The second kappa shape index (κ2) is 7.16. The highest BCUT2D eigenvalue weighted by atomic mass is 16.5. The van der Waals surface area contributed by atoms with Crippen molar-refractivity contribution in [2.75, 3.05) is 33.1 Å². The number of hydrogen-bond acceptors (Lipinski definition) is 5. The molecular weight excluding hydrogens is 206 g/mol. The van der Waals surface area contributed by atoms with Crippen LogP contribution in [0.5, 0.6) is 0 Å². The largest absolute Gasteiger partial charge is 0.397 e. The Labute approximate surface area is 96.0 Å². The van der Waals surface area contributed by atoms with Crippen LogP contribution >= 0.6 is 0 Å². The van der Waals surface area contributed by atoms with Crippen LogP contribution in [0.15, 0.2) is 18.3 Å². The lowest BCUT2D eigenvalue weighted by molar-refractivity contribution is 0.0287. The van der Waals surface area contributed by atoms with Crippen molar-refractivity contribution in [3.05, 3.63) is 24.0 Å². The Kier molecular flexibility index (Phi) is 5.77. The van der Waals surface area contributed by atoms with Crippen molar-refractivity contribution in [3.8, 4) is 0 Å². The van der Waals surface area contributed by atoms with Crippen LogP contribution in [-0.2, 0) is 16.0 Å². The maximum Gasteiger partial charge on any atom is 0.0928 e. The van der Waals surface area contributed by atoms with Gasteiger partial charge in [-0.05, 0) is 12.1 Å². The topological polar surface area (TPSA) is 69.4 Å². The molecule has 0 spiro atoms. The van der Waals surface area contributed by atoms with Gasteiger partial charge in [-0.25, -0.2) is 0 Å². The van der Waals surface area contributed by atoms with E-state index in [9.17, 15) is 0 Å². The van der Waals surface area contributed by atoms with Gasteiger partial charge in [-0.15, -0.1) is 0 Å². The van der Waals surface area contributed by atoms with E-state index in [1.807, 2.05) is 12.1 Å². The third kappa shape index (κ3) is 4.14. The Balaban J connectivity index is 2.32. The number of anilines is 1. The standard InChI is InChI=1S/C11H19N3O2/c1-15-8-9(16-2)6-13-7-11-10(12)4-3-5-14-11/h3-5,9,13H,6-8,12H2,1-2H3. The number of pyridine rings is 1. The van der Waals surface area contributed by atoms with Crippen LogP contribution in [0, 0.1) is 0 Å². The molecule has 0 saturated heterocycles. The minimum Gasteiger partial charge on any atom is -0.397 e. The van der Waals surface area contributed by atoms with Gasteiger partial charge < -0.3 is 20.5 Å². The number of nitrogen functional groups attached to an aromatic ring is 1. The zero-order valence-corrected chi connectivity index (χ0v) is 9.77. The number of ether oxygens (including phenoxy) is 2. The lowest BCUT2D eigenvalue weighted by Gasteiger charge is -2.15. The highest BCUT2D eigenvalue weighted by Crippen LogP contribution is 2.05. The van der Waals surface area contributed by atoms with Crippen molar-refractivity contribution in [3.63, 3.8) is 0 Å². The molecule has 3 N–H and O–H groups in total. The summed E-state index contributed by atoms with van der Waals surface area (Å²) in [6.07, 6.45) is 1.78. The molecule has 0 aliphatic rings. The van der Waals surface area contributed by atoms with E-state index in [0.717, 1.165) is 5.69 Å². The van der Waals surface area contributed by atoms with Crippen LogP contribution in [0.2, 0.25) is 0 Å². The van der Waals surface area contributed by atoms with E-state index in [-0.39, 0.29) is 6.10 Å². The first-order chi connectivity index (χ1) is 7.77. The number of nitrogens with two attached hydrogens (primary N) is 1. The lowest BCUT2D eigenvalue weighted by Crippen LogP contribution is -2.31. The summed E-state index contributed by atoms with van der Waals surface area (Å²) in [4.78, 5) is 4.19. The van der Waals surface area contributed by atoms with Gasteiger partial charge >= 0.3 is 0 Å². The third-order valence-corrected chi connectivity index (χ3v) is 2.28. The molecule has 0 aromatic carbocycles. The first kappa shape index (κ1) is 12.9. The van der Waals surface area contributed by atoms with Crippen LogP contribution in [0.3, 0.4) is 0 Å². The van der Waals surface area contributed by atoms with Crippen molar-refractivity contribution < 1.29 is 9.47 Å². The van der Waals surface area contributed by atoms with Crippen molar-refractivity contribution in [1.82, 2.24) is 10.3 Å². The summed E-state index contributed by atoms with van der Waals surface area (Å²) < 4.78 is 10.2. The Morgan fingerprint density at radius 1 is 1.50 bits per heavy atom. The molecule has 0 amide bonds. The van der Waals surface area contributed by atoms with E-state index in [1.54, 1.807) is 20.4 Å². The molecular formula is C11H19N3O2. The number of rotatable bonds is 7. The van der Waals surface area contributed by atoms with Crippen molar-refractivity contribution >= 4 is 5.69 Å². The lowest BCUT2D eigenvalue weighted by atomic mass is 10.3. The fourth-order valence-electron chi connectivity index (χ4n) is 1.35. The summed E-state index contributed by atoms with van der Waals surface area (Å²) >= 11 is 0. The smallest absolute Gasteiger partial charge is 0.0928 e. The number of methoxy groups -OCH3 is 2. The summed E-state index contributed by atoms with van der Waals surface area (Å²) in [7, 11) is 3.32. The maximum atomic E-state index is 5.77. The van der Waals surface area contributed by atoms with Crippen molar-refractivity contribution in [2.24, 2.45) is 0 Å². The molecule has 5 nitrogen and oxygen atoms in total. The van der Waals surface area contributed by atoms with E-state index < -0.39 is 0 Å². The van der Waals surface area contributed by atoms with Gasteiger partial charge in [0.05, 0.1) is 24.1 Å². The molecule has 5 heteroatoms. The molecule has 1 unspecified atom stereocenters. The molecule has 1 rings (SSSR count). The molecule has 1 aromatic heterocycles. The Bertz CT molecular complexity index is 307. The van der Waals surface area contributed by atoms with Gasteiger partial charge in [-0.1, -0.05) is 0 Å². The third-order valence-electron chi connectivity index (χ3n) is 2.28. The summed E-state index contributed by atoms with van der Waals surface area (Å²) in [6.45, 7) is 1.91. The summed E-state index contributed by atoms with van der Waals surface area (Å²) in [5, 5.41) is 3.23. The fourth-order valence-corrected chi connectivity index (χ4v) is 1.35. The van der Waals surface area contributed by atoms with E-state index in [1.165, 1.54) is 0 Å². The number of nitrogens with zero attached hydrogens (tertiary/aromatic N) is 1. The van der Waals surface area contributed by atoms with Gasteiger partial charge in [0, 0.05) is 33.5 Å². The van der Waals surface area contributed by atoms with Gasteiger partial charge in [-0.3, -0.25) is 4.98 Å². The number of aromatic nitrogens is 1. The van der Waals surface area contributed by atoms with Crippen molar-refractivity contribution in [2.45, 2.75) is 12.6 Å². The van der Waals surface area contributed by atoms with Gasteiger partial charge in [-0.2, -0.15) is 0 Å². The summed E-state index contributed by atoms with van der Waals surface area (Å²) in [6, 6.07) is 3.66. The van der Waals surface area contributed by atoms with Crippen LogP contribution in [0.1, 0.15) is 5.69 Å². The number of nitrogens with one attached hydrogen (secondary N) is 1. The predicted molar refractivity (Wildman–Crippen MR) is 63.0 cm³/mol. The maximum absolute atomic E-state index is 5.77. The minimum atomic E-state index is 0.0509. The van der Waals surface area contributed by atoms with E-state index in [2.05, 4.69) is 10.3 Å². The first-order valence-electron chi connectivity index (χ1n) is 5.19. The second-order valence-electron chi connectivity index (χ2n) is 3.48. The molecule has 0 bridgehead atoms. The van der Waals surface area contributed by atoms with Crippen LogP contribution in [0.25, 0.3) is 0 Å².